The van der Waals surface area contributed by atoms with Crippen LogP contribution in [0.25, 0.3) is 0 Å². The number of carbonyl (C=O) groups excluding carboxylic acids is 1. The molecule has 5 rings (SSSR count). The van der Waals surface area contributed by atoms with Crippen LogP contribution >= 0.6 is 11.6 Å². The zero-order chi connectivity index (χ0) is 23.5. The molecule has 0 amide bonds. The summed E-state index contributed by atoms with van der Waals surface area (Å²) in [4.78, 5) is 18.9. The maximum atomic E-state index is 11.6. The summed E-state index contributed by atoms with van der Waals surface area (Å²) in [5, 5.41) is 3.43. The second-order valence-electron chi connectivity index (χ2n) is 8.33. The van der Waals surface area contributed by atoms with Crippen molar-refractivity contribution in [3.63, 3.8) is 0 Å². The van der Waals surface area contributed by atoms with Gasteiger partial charge < -0.3 is 24.4 Å². The molecule has 1 saturated heterocycles. The maximum absolute atomic E-state index is 11.6. The second kappa shape index (κ2) is 9.91. The zero-order valence-electron chi connectivity index (χ0n) is 18.9. The van der Waals surface area contributed by atoms with E-state index in [1.54, 1.807) is 24.3 Å². The topological polar surface area (TPSA) is 72.4 Å². The Kier molecular flexibility index (Phi) is 6.56. The Balaban J connectivity index is 1.32. The third-order valence-corrected chi connectivity index (χ3v) is 6.28. The van der Waals surface area contributed by atoms with Gasteiger partial charge in [0.1, 0.15) is 35.4 Å². The number of ether oxygens (including phenoxy) is 3. The first-order valence-corrected chi connectivity index (χ1v) is 11.8. The number of nitrogens with one attached hydrogen (secondary N) is 1. The summed E-state index contributed by atoms with van der Waals surface area (Å²) in [5.41, 5.74) is 2.23. The van der Waals surface area contributed by atoms with Gasteiger partial charge in [-0.1, -0.05) is 12.1 Å². The number of allylic oxidation sites excluding steroid dienone is 2. The molecular formula is C26H26ClN3O4. The number of aliphatic imine (C=N–C) groups is 1. The van der Waals surface area contributed by atoms with E-state index in [-0.39, 0.29) is 17.4 Å². The van der Waals surface area contributed by atoms with Crippen LogP contribution in [0.1, 0.15) is 22.3 Å². The van der Waals surface area contributed by atoms with Crippen molar-refractivity contribution < 1.29 is 19.0 Å². The van der Waals surface area contributed by atoms with Crippen LogP contribution in [0.2, 0.25) is 0 Å². The molecule has 2 atom stereocenters. The van der Waals surface area contributed by atoms with Gasteiger partial charge in [-0.25, -0.2) is 9.79 Å². The van der Waals surface area contributed by atoms with Gasteiger partial charge in [0.15, 0.2) is 0 Å². The predicted octanol–water partition coefficient (Wildman–Crippen LogP) is 3.74. The van der Waals surface area contributed by atoms with Crippen molar-refractivity contribution in [2.75, 3.05) is 33.4 Å². The molecule has 8 heteroatoms. The number of para-hydroxylation sites is 1. The first-order valence-electron chi connectivity index (χ1n) is 11.3. The molecule has 176 valence electrons. The highest BCUT2D eigenvalue weighted by molar-refractivity contribution is 6.22. The number of esters is 1. The average molecular weight is 480 g/mol. The summed E-state index contributed by atoms with van der Waals surface area (Å²) in [6.45, 7) is 2.83. The van der Waals surface area contributed by atoms with Crippen molar-refractivity contribution in [1.29, 1.82) is 0 Å². The minimum Gasteiger partial charge on any atom is -0.492 e. The first-order chi connectivity index (χ1) is 16.6. The van der Waals surface area contributed by atoms with E-state index in [4.69, 9.17) is 30.8 Å². The Morgan fingerprint density at radius 3 is 2.88 bits per heavy atom. The van der Waals surface area contributed by atoms with Gasteiger partial charge in [0.2, 0.25) is 0 Å². The summed E-state index contributed by atoms with van der Waals surface area (Å²) in [7, 11) is 1.37. The quantitative estimate of drug-likeness (QED) is 0.532. The summed E-state index contributed by atoms with van der Waals surface area (Å²) in [6.07, 6.45) is 4.70. The van der Waals surface area contributed by atoms with Gasteiger partial charge in [0.25, 0.3) is 0 Å². The number of rotatable bonds is 4. The number of amidine groups is 1. The number of hydrogen-bond donors (Lipinski definition) is 1. The van der Waals surface area contributed by atoms with Crippen molar-refractivity contribution in [3.05, 3.63) is 83.3 Å². The van der Waals surface area contributed by atoms with E-state index in [1.165, 1.54) is 7.11 Å². The third-order valence-electron chi connectivity index (χ3n) is 5.98. The van der Waals surface area contributed by atoms with Gasteiger partial charge in [-0.15, -0.1) is 11.6 Å². The fourth-order valence-electron chi connectivity index (χ4n) is 4.24. The molecule has 1 aliphatic carbocycles. The number of fused-ring (bicyclic) bond motifs is 2. The van der Waals surface area contributed by atoms with Crippen LogP contribution < -0.4 is 14.8 Å². The molecule has 0 saturated carbocycles. The Labute approximate surface area is 203 Å². The van der Waals surface area contributed by atoms with Crippen molar-refractivity contribution in [3.8, 4) is 11.5 Å². The normalized spacial score (nSPS) is 21.6. The van der Waals surface area contributed by atoms with E-state index >= 15 is 0 Å². The number of benzene rings is 2. The highest BCUT2D eigenvalue weighted by Gasteiger charge is 2.29. The number of halogens is 1. The van der Waals surface area contributed by atoms with E-state index in [2.05, 4.69) is 10.2 Å². The van der Waals surface area contributed by atoms with Gasteiger partial charge in [0, 0.05) is 19.6 Å². The van der Waals surface area contributed by atoms with E-state index in [0.717, 1.165) is 54.7 Å². The maximum Gasteiger partial charge on any atom is 0.337 e. The number of nitrogens with zero attached hydrogens (tertiary/aromatic N) is 2. The van der Waals surface area contributed by atoms with Gasteiger partial charge in [-0.3, -0.25) is 0 Å². The smallest absolute Gasteiger partial charge is 0.337 e. The van der Waals surface area contributed by atoms with Gasteiger partial charge >= 0.3 is 5.97 Å². The molecule has 2 aliphatic heterocycles. The highest BCUT2D eigenvalue weighted by Crippen LogP contribution is 2.33. The highest BCUT2D eigenvalue weighted by atomic mass is 35.5. The van der Waals surface area contributed by atoms with Crippen LogP contribution in [0.15, 0.2) is 77.1 Å². The molecule has 0 bridgehead atoms. The standard InChI is InChI=1S/C26H26ClN3O4/c1-32-26(31)17-6-9-20(10-7-17)33-16-19-15-30(13-12-28-19)25-21-4-2-3-5-23(21)34-24-11-8-18(27)14-22(24)29-25/h2-7,9-11,14,18-19,28H,8,12-13,15-16H2,1H3. The summed E-state index contributed by atoms with van der Waals surface area (Å²) in [6, 6.07) is 15.1. The fraction of sp³-hybridized carbons (Fsp3) is 0.308. The molecular weight excluding hydrogens is 454 g/mol. The van der Waals surface area contributed by atoms with Gasteiger partial charge in [-0.2, -0.15) is 0 Å². The third kappa shape index (κ3) is 4.81. The molecule has 1 fully saturated rings. The van der Waals surface area contributed by atoms with Crippen LogP contribution in [0.4, 0.5) is 0 Å². The van der Waals surface area contributed by atoms with Crippen molar-refractivity contribution in [2.24, 2.45) is 4.99 Å². The average Bonchev–Trinajstić information content (AvgIpc) is 3.04. The number of hydrogen-bond acceptors (Lipinski definition) is 7. The number of carbonyl (C=O) groups is 1. The van der Waals surface area contributed by atoms with Crippen LogP contribution in [0, 0.1) is 0 Å². The molecule has 2 aromatic carbocycles. The van der Waals surface area contributed by atoms with Crippen LogP contribution in [-0.4, -0.2) is 61.5 Å². The molecule has 2 aromatic rings. The van der Waals surface area contributed by atoms with Crippen LogP contribution in [0.5, 0.6) is 11.5 Å². The number of methoxy groups -OCH3 is 1. The van der Waals surface area contributed by atoms with Crippen LogP contribution in [-0.2, 0) is 4.74 Å². The van der Waals surface area contributed by atoms with E-state index in [1.807, 2.05) is 36.4 Å². The summed E-state index contributed by atoms with van der Waals surface area (Å²) < 4.78 is 17.0. The van der Waals surface area contributed by atoms with E-state index < -0.39 is 0 Å². The van der Waals surface area contributed by atoms with Crippen LogP contribution in [0.3, 0.4) is 0 Å². The monoisotopic (exact) mass is 479 g/mol. The number of alkyl halides is 1. The molecule has 0 aromatic heterocycles. The molecule has 34 heavy (non-hydrogen) atoms. The minimum absolute atomic E-state index is 0.0942. The van der Waals surface area contributed by atoms with Gasteiger partial charge in [0.05, 0.1) is 29.7 Å². The molecule has 2 unspecified atom stereocenters. The lowest BCUT2D eigenvalue weighted by Gasteiger charge is -2.35. The SMILES string of the molecule is COC(=O)c1ccc(OCC2CN(C3=NC4=CC(Cl)CC=C4Oc4ccccc43)CCN2)cc1. The fourth-order valence-corrected chi connectivity index (χ4v) is 4.45. The molecule has 7 nitrogen and oxygen atoms in total. The molecule has 3 aliphatic rings. The minimum atomic E-state index is -0.365. The first kappa shape index (κ1) is 22.5. The zero-order valence-corrected chi connectivity index (χ0v) is 19.6. The van der Waals surface area contributed by atoms with Crippen molar-refractivity contribution in [1.82, 2.24) is 10.2 Å². The Morgan fingerprint density at radius 2 is 2.06 bits per heavy atom. The molecule has 1 N–H and O–H groups in total. The Bertz CT molecular complexity index is 1160. The molecule has 0 radical (unpaired) electrons. The number of piperazine rings is 1. The second-order valence-corrected chi connectivity index (χ2v) is 8.89. The molecule has 2 heterocycles. The summed E-state index contributed by atoms with van der Waals surface area (Å²) in [5.74, 6) is 2.76. The van der Waals surface area contributed by atoms with Crippen molar-refractivity contribution in [2.45, 2.75) is 17.8 Å². The Morgan fingerprint density at radius 1 is 1.24 bits per heavy atom. The van der Waals surface area contributed by atoms with Gasteiger partial charge in [-0.05, 0) is 55.0 Å². The largest absolute Gasteiger partial charge is 0.492 e. The summed E-state index contributed by atoms with van der Waals surface area (Å²) >= 11 is 6.38. The molecule has 0 spiro atoms. The van der Waals surface area contributed by atoms with E-state index in [9.17, 15) is 4.79 Å². The lowest BCUT2D eigenvalue weighted by Crippen LogP contribution is -2.54. The van der Waals surface area contributed by atoms with Crippen molar-refractivity contribution >= 4 is 23.4 Å². The lowest BCUT2D eigenvalue weighted by atomic mass is 10.1. The van der Waals surface area contributed by atoms with E-state index in [0.29, 0.717) is 17.9 Å². The lowest BCUT2D eigenvalue weighted by molar-refractivity contribution is 0.0600. The predicted molar refractivity (Wildman–Crippen MR) is 131 cm³/mol. The Hall–Kier alpha value is -3.29.